The second-order valence-corrected chi connectivity index (χ2v) is 2.73. The van der Waals surface area contributed by atoms with Gasteiger partial charge in [0.25, 0.3) is 0 Å². The van der Waals surface area contributed by atoms with Gasteiger partial charge >= 0.3 is 0 Å². The number of aryl methyl sites for hydroxylation is 2. The van der Waals surface area contributed by atoms with E-state index in [1.165, 1.54) is 5.56 Å². The van der Waals surface area contributed by atoms with Crippen molar-refractivity contribution < 1.29 is 4.42 Å². The molecule has 9 heavy (non-hydrogen) atoms. The molecule has 0 fully saturated rings. The fourth-order valence-corrected chi connectivity index (χ4v) is 1.20. The Morgan fingerprint density at radius 2 is 2.44 bits per heavy atom. The molecule has 0 amide bonds. The highest BCUT2D eigenvalue weighted by atomic mass is 79.9. The smallest absolute Gasteiger partial charge is 0.103 e. The van der Waals surface area contributed by atoms with Crippen molar-refractivity contribution in [3.63, 3.8) is 0 Å². The van der Waals surface area contributed by atoms with Gasteiger partial charge in [0.1, 0.15) is 5.76 Å². The third-order valence-corrected chi connectivity index (χ3v) is 1.73. The van der Waals surface area contributed by atoms with Crippen molar-refractivity contribution in [1.29, 1.82) is 0 Å². The number of hydrogen-bond donors (Lipinski definition) is 0. The van der Waals surface area contributed by atoms with Gasteiger partial charge in [-0.3, -0.25) is 0 Å². The van der Waals surface area contributed by atoms with E-state index in [9.17, 15) is 0 Å². The molecule has 1 heterocycles. The minimum atomic E-state index is 1.01. The molecule has 0 aromatic carbocycles. The van der Waals surface area contributed by atoms with Crippen molar-refractivity contribution in [3.8, 4) is 0 Å². The van der Waals surface area contributed by atoms with Gasteiger partial charge in [0.2, 0.25) is 0 Å². The molecule has 0 aliphatic heterocycles. The molecule has 50 valence electrons. The van der Waals surface area contributed by atoms with Crippen molar-refractivity contribution in [2.75, 3.05) is 5.33 Å². The van der Waals surface area contributed by atoms with E-state index in [0.29, 0.717) is 0 Å². The van der Waals surface area contributed by atoms with Crippen molar-refractivity contribution >= 4 is 15.9 Å². The highest BCUT2D eigenvalue weighted by molar-refractivity contribution is 9.09. The normalized spacial score (nSPS) is 10.0. The van der Waals surface area contributed by atoms with Crippen LogP contribution in [0.3, 0.4) is 0 Å². The van der Waals surface area contributed by atoms with Crippen LogP contribution in [0.4, 0.5) is 0 Å². The summed E-state index contributed by atoms with van der Waals surface area (Å²) in [5.74, 6) is 1.04. The molecule has 0 spiro atoms. The molecule has 0 aliphatic rings. The van der Waals surface area contributed by atoms with Crippen LogP contribution in [0.1, 0.15) is 11.3 Å². The van der Waals surface area contributed by atoms with E-state index in [1.807, 2.05) is 13.0 Å². The monoisotopic (exact) mass is 188 g/mol. The van der Waals surface area contributed by atoms with Gasteiger partial charge in [0.15, 0.2) is 0 Å². The van der Waals surface area contributed by atoms with Crippen LogP contribution in [0.25, 0.3) is 0 Å². The Balaban J connectivity index is 2.69. The number of hydrogen-bond acceptors (Lipinski definition) is 1. The van der Waals surface area contributed by atoms with Crippen molar-refractivity contribution in [2.24, 2.45) is 0 Å². The predicted molar refractivity (Wildman–Crippen MR) is 40.9 cm³/mol. The molecular formula is C7H9BrO. The highest BCUT2D eigenvalue weighted by Crippen LogP contribution is 2.09. The summed E-state index contributed by atoms with van der Waals surface area (Å²) in [5.41, 5.74) is 1.30. The minimum absolute atomic E-state index is 1.01. The lowest BCUT2D eigenvalue weighted by Gasteiger charge is -1.90. The van der Waals surface area contributed by atoms with E-state index in [-0.39, 0.29) is 0 Å². The third-order valence-electron chi connectivity index (χ3n) is 1.33. The summed E-state index contributed by atoms with van der Waals surface area (Å²) in [6, 6.07) is 2.01. The van der Waals surface area contributed by atoms with Gasteiger partial charge in [-0.1, -0.05) is 15.9 Å². The molecule has 0 unspecified atom stereocenters. The zero-order chi connectivity index (χ0) is 6.69. The van der Waals surface area contributed by atoms with E-state index >= 15 is 0 Å². The van der Waals surface area contributed by atoms with Crippen molar-refractivity contribution in [3.05, 3.63) is 23.7 Å². The predicted octanol–water partition coefficient (Wildman–Crippen LogP) is 2.53. The first-order valence-corrected chi connectivity index (χ1v) is 4.05. The van der Waals surface area contributed by atoms with Crippen LogP contribution in [0.15, 0.2) is 16.7 Å². The Labute approximate surface area is 63.2 Å². The summed E-state index contributed by atoms with van der Waals surface area (Å²) in [4.78, 5) is 0. The van der Waals surface area contributed by atoms with E-state index in [1.54, 1.807) is 6.26 Å². The van der Waals surface area contributed by atoms with Crippen LogP contribution in [-0.4, -0.2) is 5.33 Å². The number of rotatable bonds is 2. The first-order valence-electron chi connectivity index (χ1n) is 2.93. The minimum Gasteiger partial charge on any atom is -0.469 e. The van der Waals surface area contributed by atoms with E-state index in [0.717, 1.165) is 17.5 Å². The summed E-state index contributed by atoms with van der Waals surface area (Å²) in [6.07, 6.45) is 2.79. The number of furan rings is 1. The Bertz CT molecular complexity index is 181. The molecule has 0 atom stereocenters. The molecule has 0 saturated heterocycles. The molecule has 2 heteroatoms. The Kier molecular flexibility index (Phi) is 2.34. The van der Waals surface area contributed by atoms with E-state index in [4.69, 9.17) is 4.42 Å². The zero-order valence-electron chi connectivity index (χ0n) is 5.36. The van der Waals surface area contributed by atoms with Gasteiger partial charge in [-0.15, -0.1) is 0 Å². The molecule has 0 N–H and O–H groups in total. The number of alkyl halides is 1. The molecule has 1 rings (SSSR count). The number of halogens is 1. The van der Waals surface area contributed by atoms with Gasteiger partial charge in [-0.05, 0) is 25.0 Å². The molecule has 1 aromatic heterocycles. The standard InChI is InChI=1S/C7H9BrO/c1-6-7(2-4-8)3-5-9-6/h3,5H,2,4H2,1H3. The van der Waals surface area contributed by atoms with Crippen LogP contribution >= 0.6 is 15.9 Å². The van der Waals surface area contributed by atoms with Crippen LogP contribution in [0, 0.1) is 6.92 Å². The fourth-order valence-electron chi connectivity index (χ4n) is 0.772. The van der Waals surface area contributed by atoms with E-state index < -0.39 is 0 Å². The molecule has 0 saturated carbocycles. The second kappa shape index (κ2) is 3.06. The zero-order valence-corrected chi connectivity index (χ0v) is 6.94. The van der Waals surface area contributed by atoms with Gasteiger partial charge in [-0.2, -0.15) is 0 Å². The van der Waals surface area contributed by atoms with Crippen molar-refractivity contribution in [1.82, 2.24) is 0 Å². The van der Waals surface area contributed by atoms with Gasteiger partial charge in [-0.25, -0.2) is 0 Å². The lowest BCUT2D eigenvalue weighted by molar-refractivity contribution is 0.530. The molecule has 1 nitrogen and oxygen atoms in total. The van der Waals surface area contributed by atoms with Crippen LogP contribution in [-0.2, 0) is 6.42 Å². The van der Waals surface area contributed by atoms with Gasteiger partial charge in [0.05, 0.1) is 6.26 Å². The topological polar surface area (TPSA) is 13.1 Å². The summed E-state index contributed by atoms with van der Waals surface area (Å²) in [7, 11) is 0. The maximum atomic E-state index is 5.10. The summed E-state index contributed by atoms with van der Waals surface area (Å²) < 4.78 is 5.10. The SMILES string of the molecule is Cc1occc1CCBr. The lowest BCUT2D eigenvalue weighted by Crippen LogP contribution is -1.83. The highest BCUT2D eigenvalue weighted by Gasteiger charge is 1.97. The lowest BCUT2D eigenvalue weighted by atomic mass is 10.2. The third kappa shape index (κ3) is 1.58. The van der Waals surface area contributed by atoms with Crippen LogP contribution < -0.4 is 0 Å². The maximum absolute atomic E-state index is 5.10. The average molecular weight is 189 g/mol. The van der Waals surface area contributed by atoms with E-state index in [2.05, 4.69) is 15.9 Å². The fraction of sp³-hybridized carbons (Fsp3) is 0.429. The van der Waals surface area contributed by atoms with Gasteiger partial charge in [0, 0.05) is 5.33 Å². The molecule has 1 aromatic rings. The largest absolute Gasteiger partial charge is 0.469 e. The van der Waals surface area contributed by atoms with Crippen LogP contribution in [0.5, 0.6) is 0 Å². The first-order chi connectivity index (χ1) is 4.34. The maximum Gasteiger partial charge on any atom is 0.103 e. The summed E-state index contributed by atoms with van der Waals surface area (Å²) in [6.45, 7) is 1.98. The molecule has 0 radical (unpaired) electrons. The first kappa shape index (κ1) is 6.87. The second-order valence-electron chi connectivity index (χ2n) is 1.94. The quantitative estimate of drug-likeness (QED) is 0.651. The van der Waals surface area contributed by atoms with Gasteiger partial charge < -0.3 is 4.42 Å². The Morgan fingerprint density at radius 1 is 1.67 bits per heavy atom. The summed E-state index contributed by atoms with van der Waals surface area (Å²) in [5, 5.41) is 1.01. The van der Waals surface area contributed by atoms with Crippen LogP contribution in [0.2, 0.25) is 0 Å². The average Bonchev–Trinajstić information content (AvgIpc) is 2.18. The molecule has 0 aliphatic carbocycles. The Hall–Kier alpha value is -0.240. The molecule has 0 bridgehead atoms. The molecular weight excluding hydrogens is 180 g/mol. The summed E-state index contributed by atoms with van der Waals surface area (Å²) >= 11 is 3.36. The Morgan fingerprint density at radius 3 is 2.89 bits per heavy atom. The van der Waals surface area contributed by atoms with Crippen molar-refractivity contribution in [2.45, 2.75) is 13.3 Å².